The molecule has 0 saturated carbocycles. The van der Waals surface area contributed by atoms with E-state index in [2.05, 4.69) is 0 Å². The van der Waals surface area contributed by atoms with Crippen molar-refractivity contribution in [3.8, 4) is 0 Å². The van der Waals surface area contributed by atoms with Gasteiger partial charge in [-0.1, -0.05) is 12.1 Å². The van der Waals surface area contributed by atoms with Gasteiger partial charge >= 0.3 is 0 Å². The average Bonchev–Trinajstić information content (AvgIpc) is 2.16. The Morgan fingerprint density at radius 1 is 1.29 bits per heavy atom. The molecule has 0 aliphatic heterocycles. The maximum atomic E-state index is 8.93. The van der Waals surface area contributed by atoms with Crippen LogP contribution >= 0.6 is 0 Å². The smallest absolute Gasteiger partial charge is 0.178 e. The van der Waals surface area contributed by atoms with E-state index in [0.717, 1.165) is 5.56 Å². The van der Waals surface area contributed by atoms with Gasteiger partial charge in [-0.15, -0.1) is 0 Å². The molecule has 0 aromatic heterocycles. The average molecular weight is 197 g/mol. The fourth-order valence-electron chi connectivity index (χ4n) is 1.20. The summed E-state index contributed by atoms with van der Waals surface area (Å²) in [4.78, 5) is 0. The van der Waals surface area contributed by atoms with Gasteiger partial charge in [-0.25, -0.2) is 0 Å². The highest BCUT2D eigenvalue weighted by Crippen LogP contribution is 2.10. The van der Waals surface area contributed by atoms with Crippen molar-refractivity contribution in [1.29, 1.82) is 0 Å². The number of methoxy groups -OCH3 is 1. The zero-order chi connectivity index (χ0) is 10.6. The van der Waals surface area contributed by atoms with Crippen LogP contribution in [0, 0.1) is 0 Å². The highest BCUT2D eigenvalue weighted by Gasteiger charge is 2.15. The summed E-state index contributed by atoms with van der Waals surface area (Å²) in [5, 5.41) is 17.9. The molecule has 4 N–H and O–H groups in total. The number of hydrogen-bond donors (Lipinski definition) is 3. The lowest BCUT2D eigenvalue weighted by atomic mass is 10.1. The van der Waals surface area contributed by atoms with Crippen LogP contribution in [0.3, 0.4) is 0 Å². The predicted octanol–water partition coefficient (Wildman–Crippen LogP) is 0.137. The molecule has 0 spiro atoms. The second kappa shape index (κ2) is 4.95. The second-order valence-corrected chi connectivity index (χ2v) is 3.13. The summed E-state index contributed by atoms with van der Waals surface area (Å²) in [5.74, 6) is 0. The quantitative estimate of drug-likeness (QED) is 0.474. The number of aliphatic hydroxyl groups excluding tert-OH is 1. The number of rotatable bonds is 4. The summed E-state index contributed by atoms with van der Waals surface area (Å²) in [6.07, 6.45) is -1.61. The molecule has 0 amide bonds. The van der Waals surface area contributed by atoms with Crippen LogP contribution in [0.5, 0.6) is 0 Å². The standard InChI is InChI=1S/C10H15NO3/c1-14-9(10(12)13)6-7-2-4-8(11)5-3-7/h2-5,9-10,12-13H,6,11H2,1H3. The van der Waals surface area contributed by atoms with E-state index in [9.17, 15) is 0 Å². The molecule has 0 bridgehead atoms. The van der Waals surface area contributed by atoms with Gasteiger partial charge in [0.1, 0.15) is 6.10 Å². The highest BCUT2D eigenvalue weighted by molar-refractivity contribution is 5.39. The third-order valence-electron chi connectivity index (χ3n) is 2.05. The molecule has 4 nitrogen and oxygen atoms in total. The number of benzene rings is 1. The molecule has 14 heavy (non-hydrogen) atoms. The van der Waals surface area contributed by atoms with Crippen molar-refractivity contribution in [3.05, 3.63) is 29.8 Å². The van der Waals surface area contributed by atoms with Crippen LogP contribution in [0.1, 0.15) is 5.56 Å². The number of nitrogens with two attached hydrogens (primary N) is 1. The molecule has 0 aliphatic rings. The lowest BCUT2D eigenvalue weighted by molar-refractivity contribution is -0.133. The molecule has 0 radical (unpaired) electrons. The van der Waals surface area contributed by atoms with Crippen LogP contribution in [-0.4, -0.2) is 29.7 Å². The first-order valence-electron chi connectivity index (χ1n) is 4.37. The summed E-state index contributed by atoms with van der Waals surface area (Å²) < 4.78 is 4.91. The maximum absolute atomic E-state index is 8.93. The van der Waals surface area contributed by atoms with Gasteiger partial charge in [0.25, 0.3) is 0 Å². The summed E-state index contributed by atoms with van der Waals surface area (Å²) >= 11 is 0. The fourth-order valence-corrected chi connectivity index (χ4v) is 1.20. The van der Waals surface area contributed by atoms with Crippen LogP contribution < -0.4 is 5.73 Å². The van der Waals surface area contributed by atoms with Crippen LogP contribution in [0.15, 0.2) is 24.3 Å². The molecule has 0 saturated heterocycles. The summed E-state index contributed by atoms with van der Waals surface area (Å²) in [6, 6.07) is 7.21. The van der Waals surface area contributed by atoms with Crippen LogP contribution in [0.2, 0.25) is 0 Å². The zero-order valence-electron chi connectivity index (χ0n) is 8.05. The van der Waals surface area contributed by atoms with Crippen molar-refractivity contribution in [2.75, 3.05) is 12.8 Å². The van der Waals surface area contributed by atoms with Crippen molar-refractivity contribution < 1.29 is 14.9 Å². The van der Waals surface area contributed by atoms with E-state index in [-0.39, 0.29) is 0 Å². The first-order chi connectivity index (χ1) is 6.63. The number of ether oxygens (including phenoxy) is 1. The molecule has 0 fully saturated rings. The van der Waals surface area contributed by atoms with Gasteiger partial charge in [0.15, 0.2) is 6.29 Å². The normalized spacial score (nSPS) is 13.1. The molecular weight excluding hydrogens is 182 g/mol. The second-order valence-electron chi connectivity index (χ2n) is 3.13. The van der Waals surface area contributed by atoms with Gasteiger partial charge in [0, 0.05) is 19.2 Å². The summed E-state index contributed by atoms with van der Waals surface area (Å²) in [6.45, 7) is 0. The minimum atomic E-state index is -1.46. The van der Waals surface area contributed by atoms with Crippen LogP contribution in [-0.2, 0) is 11.2 Å². The van der Waals surface area contributed by atoms with E-state index < -0.39 is 12.4 Å². The first-order valence-corrected chi connectivity index (χ1v) is 4.37. The molecule has 1 rings (SSSR count). The molecule has 78 valence electrons. The van der Waals surface area contributed by atoms with Crippen molar-refractivity contribution >= 4 is 5.69 Å². The fraction of sp³-hybridized carbons (Fsp3) is 0.400. The van der Waals surface area contributed by atoms with E-state index >= 15 is 0 Å². The van der Waals surface area contributed by atoms with Crippen molar-refractivity contribution in [3.63, 3.8) is 0 Å². The first kappa shape index (κ1) is 11.0. The Morgan fingerprint density at radius 3 is 2.29 bits per heavy atom. The topological polar surface area (TPSA) is 75.7 Å². The Kier molecular flexibility index (Phi) is 3.88. The van der Waals surface area contributed by atoms with E-state index in [1.165, 1.54) is 7.11 Å². The van der Waals surface area contributed by atoms with Crippen molar-refractivity contribution in [2.45, 2.75) is 18.8 Å². The highest BCUT2D eigenvalue weighted by atomic mass is 16.5. The van der Waals surface area contributed by atoms with Crippen LogP contribution in [0.4, 0.5) is 5.69 Å². The molecule has 1 atom stereocenters. The summed E-state index contributed by atoms with van der Waals surface area (Å²) in [7, 11) is 1.45. The third-order valence-corrected chi connectivity index (χ3v) is 2.05. The van der Waals surface area contributed by atoms with Gasteiger partial charge in [0.2, 0.25) is 0 Å². The SMILES string of the molecule is COC(Cc1ccc(N)cc1)C(O)O. The van der Waals surface area contributed by atoms with Gasteiger partial charge in [-0.2, -0.15) is 0 Å². The minimum absolute atomic E-state index is 0.453. The molecular formula is C10H15NO3. The Morgan fingerprint density at radius 2 is 1.86 bits per heavy atom. The Balaban J connectivity index is 2.63. The Hall–Kier alpha value is -1.10. The molecule has 0 heterocycles. The van der Waals surface area contributed by atoms with E-state index in [1.807, 2.05) is 12.1 Å². The number of hydrogen-bond acceptors (Lipinski definition) is 4. The molecule has 4 heteroatoms. The Labute approximate surface area is 82.9 Å². The maximum Gasteiger partial charge on any atom is 0.178 e. The zero-order valence-corrected chi connectivity index (χ0v) is 8.05. The minimum Gasteiger partial charge on any atom is -0.399 e. The van der Waals surface area contributed by atoms with Crippen molar-refractivity contribution in [2.24, 2.45) is 0 Å². The lowest BCUT2D eigenvalue weighted by Crippen LogP contribution is -2.29. The lowest BCUT2D eigenvalue weighted by Gasteiger charge is -2.16. The molecule has 1 unspecified atom stereocenters. The summed E-state index contributed by atoms with van der Waals surface area (Å²) in [5.41, 5.74) is 7.16. The van der Waals surface area contributed by atoms with E-state index in [1.54, 1.807) is 12.1 Å². The number of aliphatic hydroxyl groups is 2. The van der Waals surface area contributed by atoms with E-state index in [4.69, 9.17) is 20.7 Å². The number of anilines is 1. The largest absolute Gasteiger partial charge is 0.399 e. The van der Waals surface area contributed by atoms with Gasteiger partial charge < -0.3 is 20.7 Å². The van der Waals surface area contributed by atoms with E-state index in [0.29, 0.717) is 12.1 Å². The van der Waals surface area contributed by atoms with Gasteiger partial charge in [-0.3, -0.25) is 0 Å². The predicted molar refractivity (Wildman–Crippen MR) is 53.6 cm³/mol. The van der Waals surface area contributed by atoms with Gasteiger partial charge in [-0.05, 0) is 17.7 Å². The molecule has 1 aromatic carbocycles. The molecule has 0 aliphatic carbocycles. The van der Waals surface area contributed by atoms with Gasteiger partial charge in [0.05, 0.1) is 0 Å². The van der Waals surface area contributed by atoms with Crippen molar-refractivity contribution in [1.82, 2.24) is 0 Å². The third kappa shape index (κ3) is 2.99. The van der Waals surface area contributed by atoms with Crippen LogP contribution in [0.25, 0.3) is 0 Å². The Bertz CT molecular complexity index is 271. The molecule has 1 aromatic rings. The monoisotopic (exact) mass is 197 g/mol. The number of nitrogen functional groups attached to an aromatic ring is 1.